The Morgan fingerprint density at radius 1 is 1.17 bits per heavy atom. The van der Waals surface area contributed by atoms with Gasteiger partial charge in [0.05, 0.1) is 17.6 Å². The van der Waals surface area contributed by atoms with Crippen LogP contribution in [-0.2, 0) is 6.54 Å². The molecule has 0 radical (unpaired) electrons. The van der Waals surface area contributed by atoms with Crippen LogP contribution in [0.5, 0.6) is 0 Å². The minimum atomic E-state index is 0.0146. The highest BCUT2D eigenvalue weighted by Crippen LogP contribution is 2.29. The van der Waals surface area contributed by atoms with E-state index in [0.717, 1.165) is 42.1 Å². The predicted octanol–water partition coefficient (Wildman–Crippen LogP) is 3.87. The lowest BCUT2D eigenvalue weighted by Crippen LogP contribution is -2.38. The van der Waals surface area contributed by atoms with Crippen LogP contribution in [0, 0.1) is 13.8 Å². The molecule has 1 amide bonds. The molecule has 0 bridgehead atoms. The maximum absolute atomic E-state index is 13.4. The molecule has 1 aliphatic carbocycles. The number of rotatable bonds is 4. The summed E-state index contributed by atoms with van der Waals surface area (Å²) in [6, 6.07) is 10.3. The van der Waals surface area contributed by atoms with E-state index in [1.807, 2.05) is 17.0 Å². The quantitative estimate of drug-likeness (QED) is 0.520. The molecule has 1 aliphatic rings. The molecule has 7 nitrogen and oxygen atoms in total. The second kappa shape index (κ2) is 7.48. The van der Waals surface area contributed by atoms with Crippen molar-refractivity contribution >= 4 is 22.5 Å². The summed E-state index contributed by atoms with van der Waals surface area (Å²) in [5, 5.41) is 13.5. The average molecular weight is 400 g/mol. The highest BCUT2D eigenvalue weighted by Gasteiger charge is 2.29. The van der Waals surface area contributed by atoms with Crippen molar-refractivity contribution in [1.29, 1.82) is 0 Å². The Hall–Kier alpha value is -3.35. The van der Waals surface area contributed by atoms with Crippen molar-refractivity contribution < 1.29 is 4.79 Å². The summed E-state index contributed by atoms with van der Waals surface area (Å²) in [5.74, 6) is 0.0146. The smallest absolute Gasteiger partial charge is 0.255 e. The number of pyridine rings is 2. The van der Waals surface area contributed by atoms with Crippen LogP contribution >= 0.6 is 0 Å². The molecule has 4 aromatic rings. The largest absolute Gasteiger partial charge is 0.331 e. The van der Waals surface area contributed by atoms with E-state index in [9.17, 15) is 4.79 Å². The van der Waals surface area contributed by atoms with Gasteiger partial charge in [0, 0.05) is 29.4 Å². The van der Waals surface area contributed by atoms with Gasteiger partial charge in [-0.2, -0.15) is 4.52 Å². The number of hydrogen-bond acceptors (Lipinski definition) is 5. The second-order valence-electron chi connectivity index (χ2n) is 8.19. The van der Waals surface area contributed by atoms with Gasteiger partial charge < -0.3 is 4.90 Å². The van der Waals surface area contributed by atoms with Gasteiger partial charge in [-0.05, 0) is 78.6 Å². The molecule has 0 unspecified atom stereocenters. The average Bonchev–Trinajstić information content (AvgIpc) is 3.46. The van der Waals surface area contributed by atoms with E-state index in [2.05, 4.69) is 52.6 Å². The van der Waals surface area contributed by atoms with Crippen molar-refractivity contribution in [3.8, 4) is 0 Å². The number of carbonyl (C=O) groups excluding carboxylic acids is 1. The number of aryl methyl sites for hydroxylation is 2. The lowest BCUT2D eigenvalue weighted by atomic mass is 10.0. The van der Waals surface area contributed by atoms with Gasteiger partial charge in [0.2, 0.25) is 0 Å². The summed E-state index contributed by atoms with van der Waals surface area (Å²) in [4.78, 5) is 19.5. The molecule has 0 N–H and O–H groups in total. The van der Waals surface area contributed by atoms with E-state index in [1.165, 1.54) is 11.1 Å². The lowest BCUT2D eigenvalue weighted by molar-refractivity contribution is 0.0665. The Labute approximate surface area is 174 Å². The van der Waals surface area contributed by atoms with E-state index in [1.54, 1.807) is 16.9 Å². The number of fused-ring (bicyclic) bond motifs is 3. The van der Waals surface area contributed by atoms with Gasteiger partial charge in [0.25, 0.3) is 5.91 Å². The first kappa shape index (κ1) is 18.7. The molecule has 1 saturated carbocycles. The highest BCUT2D eigenvalue weighted by molar-refractivity contribution is 5.94. The Morgan fingerprint density at radius 2 is 1.97 bits per heavy atom. The summed E-state index contributed by atoms with van der Waals surface area (Å²) in [6.45, 7) is 4.67. The van der Waals surface area contributed by atoms with Gasteiger partial charge >= 0.3 is 0 Å². The van der Waals surface area contributed by atoms with E-state index < -0.39 is 0 Å². The minimum absolute atomic E-state index is 0.0146. The molecule has 1 fully saturated rings. The van der Waals surface area contributed by atoms with Crippen LogP contribution < -0.4 is 0 Å². The number of aromatic nitrogens is 5. The van der Waals surface area contributed by atoms with Gasteiger partial charge in [0.15, 0.2) is 5.65 Å². The molecule has 7 heteroatoms. The molecule has 0 aliphatic heterocycles. The highest BCUT2D eigenvalue weighted by atomic mass is 16.2. The van der Waals surface area contributed by atoms with Gasteiger partial charge in [-0.15, -0.1) is 5.10 Å². The summed E-state index contributed by atoms with van der Waals surface area (Å²) < 4.78 is 1.79. The van der Waals surface area contributed by atoms with Crippen molar-refractivity contribution in [3.05, 3.63) is 65.0 Å². The summed E-state index contributed by atoms with van der Waals surface area (Å²) >= 11 is 0. The Kier molecular flexibility index (Phi) is 4.65. The number of benzene rings is 1. The van der Waals surface area contributed by atoms with Crippen LogP contribution in [0.15, 0.2) is 42.7 Å². The van der Waals surface area contributed by atoms with Gasteiger partial charge in [-0.25, -0.2) is 0 Å². The van der Waals surface area contributed by atoms with Crippen LogP contribution in [0.25, 0.3) is 16.6 Å². The van der Waals surface area contributed by atoms with Crippen LogP contribution in [0.1, 0.15) is 52.7 Å². The molecule has 5 rings (SSSR count). The van der Waals surface area contributed by atoms with Gasteiger partial charge in [0.1, 0.15) is 0 Å². The molecule has 3 heterocycles. The number of tetrazole rings is 1. The van der Waals surface area contributed by atoms with E-state index >= 15 is 0 Å². The Morgan fingerprint density at radius 3 is 2.73 bits per heavy atom. The Balaban J connectivity index is 1.61. The number of amides is 1. The number of nitrogens with zero attached hydrogens (tertiary/aromatic N) is 6. The lowest BCUT2D eigenvalue weighted by Gasteiger charge is -2.29. The first-order chi connectivity index (χ1) is 14.6. The third-order valence-electron chi connectivity index (χ3n) is 6.23. The first-order valence-corrected chi connectivity index (χ1v) is 10.4. The number of carbonyl (C=O) groups is 1. The Bertz CT molecular complexity index is 1230. The molecular formula is C23H24N6O. The van der Waals surface area contributed by atoms with Gasteiger partial charge in [-0.3, -0.25) is 9.78 Å². The maximum atomic E-state index is 13.4. The van der Waals surface area contributed by atoms with Crippen molar-refractivity contribution in [2.75, 3.05) is 0 Å². The summed E-state index contributed by atoms with van der Waals surface area (Å²) in [7, 11) is 0. The maximum Gasteiger partial charge on any atom is 0.255 e. The van der Waals surface area contributed by atoms with Crippen LogP contribution in [0.4, 0.5) is 0 Å². The molecule has 30 heavy (non-hydrogen) atoms. The van der Waals surface area contributed by atoms with Crippen molar-refractivity contribution in [1.82, 2.24) is 29.9 Å². The third kappa shape index (κ3) is 3.20. The molecule has 0 spiro atoms. The SMILES string of the molecule is Cc1cc2cc(CN(C(=O)c3cccnc3)C3CCCC3)c3nnnn3c2cc1C. The predicted molar refractivity (Wildman–Crippen MR) is 114 cm³/mol. The zero-order chi connectivity index (χ0) is 20.7. The monoisotopic (exact) mass is 400 g/mol. The fourth-order valence-electron chi connectivity index (χ4n) is 4.46. The van der Waals surface area contributed by atoms with Crippen molar-refractivity contribution in [3.63, 3.8) is 0 Å². The van der Waals surface area contributed by atoms with Crippen molar-refractivity contribution in [2.45, 2.75) is 52.1 Å². The summed E-state index contributed by atoms with van der Waals surface area (Å²) in [6.07, 6.45) is 7.69. The zero-order valence-electron chi connectivity index (χ0n) is 17.2. The fraction of sp³-hybridized carbons (Fsp3) is 0.348. The number of hydrogen-bond donors (Lipinski definition) is 0. The topological polar surface area (TPSA) is 76.3 Å². The third-order valence-corrected chi connectivity index (χ3v) is 6.23. The molecule has 3 aromatic heterocycles. The first-order valence-electron chi connectivity index (χ1n) is 10.4. The zero-order valence-corrected chi connectivity index (χ0v) is 17.2. The van der Waals surface area contributed by atoms with Crippen LogP contribution in [0.2, 0.25) is 0 Å². The standard InChI is InChI=1S/C23H24N6O/c1-15-10-18-12-19(22-25-26-27-29(22)21(18)11-16(15)2)14-28(20-7-3-4-8-20)23(30)17-6-5-9-24-13-17/h5-6,9-13,20H,3-4,7-8,14H2,1-2H3. The fourth-order valence-corrected chi connectivity index (χ4v) is 4.46. The summed E-state index contributed by atoms with van der Waals surface area (Å²) in [5.41, 5.74) is 5.68. The van der Waals surface area contributed by atoms with E-state index in [-0.39, 0.29) is 11.9 Å². The molecule has 0 atom stereocenters. The molecular weight excluding hydrogens is 376 g/mol. The molecule has 1 aromatic carbocycles. The molecule has 0 saturated heterocycles. The second-order valence-corrected chi connectivity index (χ2v) is 8.19. The van der Waals surface area contributed by atoms with Crippen LogP contribution in [-0.4, -0.2) is 41.9 Å². The van der Waals surface area contributed by atoms with E-state index in [0.29, 0.717) is 17.8 Å². The normalized spacial score (nSPS) is 14.6. The van der Waals surface area contributed by atoms with Gasteiger partial charge in [-0.1, -0.05) is 12.8 Å². The molecule has 152 valence electrons. The minimum Gasteiger partial charge on any atom is -0.331 e. The van der Waals surface area contributed by atoms with E-state index in [4.69, 9.17) is 0 Å². The van der Waals surface area contributed by atoms with Crippen LogP contribution in [0.3, 0.4) is 0 Å². The van der Waals surface area contributed by atoms with Crippen molar-refractivity contribution in [2.24, 2.45) is 0 Å².